The van der Waals surface area contributed by atoms with Crippen molar-refractivity contribution in [2.45, 2.75) is 71.3 Å². The molecule has 0 atom stereocenters. The predicted molar refractivity (Wildman–Crippen MR) is 271 cm³/mol. The van der Waals surface area contributed by atoms with Crippen LogP contribution in [0.3, 0.4) is 0 Å². The Balaban J connectivity index is 0.000000213. The number of aromatic nitrogens is 6. The van der Waals surface area contributed by atoms with Gasteiger partial charge in [0.1, 0.15) is 41.0 Å². The van der Waals surface area contributed by atoms with Crippen LogP contribution in [-0.4, -0.2) is 84.5 Å². The minimum Gasteiger partial charge on any atom is -0.444 e. The van der Waals surface area contributed by atoms with Crippen molar-refractivity contribution < 1.29 is 19.1 Å². The van der Waals surface area contributed by atoms with E-state index in [-0.39, 0.29) is 29.3 Å². The molecule has 0 bridgehead atoms. The van der Waals surface area contributed by atoms with Crippen LogP contribution in [0.5, 0.6) is 0 Å². The van der Waals surface area contributed by atoms with E-state index < -0.39 is 5.60 Å². The molecule has 1 aliphatic heterocycles. The number of amides is 3. The minimum atomic E-state index is -0.525. The molecule has 6 N–H and O–H groups in total. The summed E-state index contributed by atoms with van der Waals surface area (Å²) in [5, 5.41) is 36.7. The molecule has 3 amide bonds. The molecule has 19 heteroatoms. The number of hydrogen-bond donors (Lipinski definition) is 6. The van der Waals surface area contributed by atoms with Crippen molar-refractivity contribution in [3.8, 4) is 12.1 Å². The molecule has 1 saturated heterocycles. The van der Waals surface area contributed by atoms with Gasteiger partial charge in [-0.25, -0.2) is 34.7 Å². The van der Waals surface area contributed by atoms with Gasteiger partial charge in [-0.2, -0.15) is 10.5 Å². The summed E-state index contributed by atoms with van der Waals surface area (Å²) >= 11 is 0. The fraction of sp³-hybridized carbons (Fsp3) is 0.327. The van der Waals surface area contributed by atoms with Crippen LogP contribution in [0.25, 0.3) is 0 Å². The third-order valence-electron chi connectivity index (χ3n) is 11.6. The first-order valence-electron chi connectivity index (χ1n) is 23.6. The molecule has 2 aliphatic rings. The summed E-state index contributed by atoms with van der Waals surface area (Å²) in [6.07, 6.45) is 16.3. The highest BCUT2D eigenvalue weighted by Crippen LogP contribution is 2.28. The maximum absolute atomic E-state index is 13.1. The monoisotopic (exact) mass is 955 g/mol. The number of para-hydroxylation sites is 2. The van der Waals surface area contributed by atoms with Gasteiger partial charge in [0.2, 0.25) is 0 Å². The number of nitrogens with zero attached hydrogens (tertiary/aromatic N) is 9. The number of carbonyl (C=O) groups is 3. The average Bonchev–Trinajstić information content (AvgIpc) is 3.38. The highest BCUT2D eigenvalue weighted by atomic mass is 16.6. The summed E-state index contributed by atoms with van der Waals surface area (Å²) in [4.78, 5) is 65.4. The SMILES string of the molecule is CC(C)(C)OC(=O)N1CCC(CNc2cc(Nc3cnc(C#N)cn3)ncc2C(=O)Nc2ccccc2)CC1.N#Cc1cnc(Nc2cc(NCC3CCCCC3)c(C(=O)Nc3ccccc3)cn2)cn1. The Morgan fingerprint density at radius 1 is 0.592 bits per heavy atom. The summed E-state index contributed by atoms with van der Waals surface area (Å²) in [6.45, 7) is 8.24. The molecule has 1 saturated carbocycles. The van der Waals surface area contributed by atoms with Gasteiger partial charge in [-0.3, -0.25) is 9.59 Å². The molecule has 19 nitrogen and oxygen atoms in total. The van der Waals surface area contributed by atoms with Crippen LogP contribution in [0.15, 0.2) is 110 Å². The Morgan fingerprint density at radius 2 is 1.03 bits per heavy atom. The quantitative estimate of drug-likeness (QED) is 0.0594. The van der Waals surface area contributed by atoms with Crippen molar-refractivity contribution in [3.05, 3.63) is 132 Å². The molecule has 0 unspecified atom stereocenters. The number of anilines is 8. The number of ether oxygens (including phenoxy) is 1. The minimum absolute atomic E-state index is 0.210. The zero-order valence-corrected chi connectivity index (χ0v) is 40.0. The summed E-state index contributed by atoms with van der Waals surface area (Å²) in [5.41, 5.74) is 3.52. The van der Waals surface area contributed by atoms with Crippen LogP contribution in [0.2, 0.25) is 0 Å². The first-order chi connectivity index (χ1) is 34.4. The standard InChI is InChI=1S/C28H32N8O3.C24H25N7O/c1-28(2,3)39-27(38)36-11-9-19(10-12-36)15-31-23-13-24(35-25-18-30-21(14-29)16-32-25)33-17-22(23)26(37)34-20-7-5-4-6-8-20;25-12-19-14-28-23(16-26-19)31-22-11-21(27-13-17-7-3-1-4-8-17)20(15-29-22)24(32)30-18-9-5-2-6-10-18/h4-8,13,16-19H,9-12,15H2,1-3H3,(H,34,37)(H2,31,32,33,35);2,5-6,9-11,14-17H,1,3-4,7-8,13H2,(H,30,32)(H2,27,28,29,31). The fourth-order valence-corrected chi connectivity index (χ4v) is 7.85. The van der Waals surface area contributed by atoms with Crippen molar-refractivity contribution >= 4 is 63.9 Å². The lowest BCUT2D eigenvalue weighted by molar-refractivity contribution is 0.0188. The van der Waals surface area contributed by atoms with Crippen molar-refractivity contribution in [3.63, 3.8) is 0 Å². The van der Waals surface area contributed by atoms with E-state index in [2.05, 4.69) is 61.8 Å². The molecule has 6 aromatic rings. The second-order valence-corrected chi connectivity index (χ2v) is 18.1. The van der Waals surface area contributed by atoms with Crippen LogP contribution in [-0.2, 0) is 4.74 Å². The van der Waals surface area contributed by atoms with Crippen LogP contribution in [0.4, 0.5) is 50.8 Å². The van der Waals surface area contributed by atoms with Crippen LogP contribution in [0.1, 0.15) is 97.8 Å². The van der Waals surface area contributed by atoms with E-state index >= 15 is 0 Å². The van der Waals surface area contributed by atoms with E-state index in [1.807, 2.05) is 99.6 Å². The number of rotatable bonds is 14. The highest BCUT2D eigenvalue weighted by Gasteiger charge is 2.27. The number of likely N-dealkylation sites (tertiary alicyclic amines) is 1. The van der Waals surface area contributed by atoms with Gasteiger partial charge in [0.15, 0.2) is 11.4 Å². The number of nitriles is 2. The van der Waals surface area contributed by atoms with Gasteiger partial charge < -0.3 is 41.5 Å². The highest BCUT2D eigenvalue weighted by molar-refractivity contribution is 6.09. The molecule has 0 radical (unpaired) electrons. The Kier molecular flexibility index (Phi) is 17.3. The van der Waals surface area contributed by atoms with Crippen LogP contribution in [0, 0.1) is 34.5 Å². The van der Waals surface area contributed by atoms with E-state index in [4.69, 9.17) is 15.3 Å². The van der Waals surface area contributed by atoms with Crippen LogP contribution >= 0.6 is 0 Å². The maximum atomic E-state index is 13.1. The third-order valence-corrected chi connectivity index (χ3v) is 11.6. The number of nitrogens with one attached hydrogen (secondary N) is 6. The molecular weight excluding hydrogens is 899 g/mol. The van der Waals surface area contributed by atoms with Crippen molar-refractivity contribution in [2.24, 2.45) is 11.8 Å². The van der Waals surface area contributed by atoms with Gasteiger partial charge >= 0.3 is 6.09 Å². The van der Waals surface area contributed by atoms with E-state index in [0.29, 0.717) is 82.9 Å². The lowest BCUT2D eigenvalue weighted by Crippen LogP contribution is -2.42. The van der Waals surface area contributed by atoms with Crippen LogP contribution < -0.4 is 31.9 Å². The zero-order chi connectivity index (χ0) is 50.0. The predicted octanol–water partition coefficient (Wildman–Crippen LogP) is 9.53. The van der Waals surface area contributed by atoms with E-state index in [1.165, 1.54) is 63.1 Å². The molecule has 2 fully saturated rings. The van der Waals surface area contributed by atoms with E-state index in [0.717, 1.165) is 25.1 Å². The van der Waals surface area contributed by atoms with Crippen molar-refractivity contribution in [1.82, 2.24) is 34.8 Å². The van der Waals surface area contributed by atoms with Gasteiger partial charge in [-0.05, 0) is 82.6 Å². The molecule has 4 aromatic heterocycles. The molecule has 2 aromatic carbocycles. The second kappa shape index (κ2) is 24.5. The van der Waals surface area contributed by atoms with Gasteiger partial charge in [0.05, 0.1) is 47.3 Å². The zero-order valence-electron chi connectivity index (χ0n) is 40.0. The Hall–Kier alpha value is -8.71. The van der Waals surface area contributed by atoms with Crippen molar-refractivity contribution in [2.75, 3.05) is 58.1 Å². The lowest BCUT2D eigenvalue weighted by atomic mass is 9.89. The summed E-state index contributed by atoms with van der Waals surface area (Å²) < 4.78 is 5.50. The smallest absolute Gasteiger partial charge is 0.410 e. The molecule has 364 valence electrons. The topological polar surface area (TPSA) is 261 Å². The largest absolute Gasteiger partial charge is 0.444 e. The maximum Gasteiger partial charge on any atom is 0.410 e. The normalized spacial score (nSPS) is 13.7. The van der Waals surface area contributed by atoms with E-state index in [1.54, 1.807) is 17.2 Å². The molecule has 8 rings (SSSR count). The number of hydrogen-bond acceptors (Lipinski definition) is 16. The van der Waals surface area contributed by atoms with Gasteiger partial charge in [-0.15, -0.1) is 0 Å². The molecule has 71 heavy (non-hydrogen) atoms. The fourth-order valence-electron chi connectivity index (χ4n) is 7.85. The van der Waals surface area contributed by atoms with Gasteiger partial charge in [-0.1, -0.05) is 55.7 Å². The second-order valence-electron chi connectivity index (χ2n) is 18.1. The molecule has 1 aliphatic carbocycles. The lowest BCUT2D eigenvalue weighted by Gasteiger charge is -2.33. The number of carbonyl (C=O) groups excluding carboxylic acids is 3. The molecule has 0 spiro atoms. The number of pyridine rings is 2. The average molecular weight is 956 g/mol. The summed E-state index contributed by atoms with van der Waals surface area (Å²) in [6, 6.07) is 26.0. The molecular formula is C52H57N15O4. The van der Waals surface area contributed by atoms with Gasteiger partial charge in [0.25, 0.3) is 11.8 Å². The first kappa shape index (κ1) is 50.2. The molecule has 5 heterocycles. The van der Waals surface area contributed by atoms with Crippen molar-refractivity contribution in [1.29, 1.82) is 10.5 Å². The Bertz CT molecular complexity index is 2800. The Morgan fingerprint density at radius 3 is 1.44 bits per heavy atom. The summed E-state index contributed by atoms with van der Waals surface area (Å²) in [7, 11) is 0. The first-order valence-corrected chi connectivity index (χ1v) is 23.6. The Labute approximate surface area is 412 Å². The van der Waals surface area contributed by atoms with E-state index in [9.17, 15) is 14.4 Å². The number of piperidine rings is 1. The number of benzene rings is 2. The van der Waals surface area contributed by atoms with Gasteiger partial charge in [0, 0.05) is 62.1 Å². The third kappa shape index (κ3) is 15.4. The summed E-state index contributed by atoms with van der Waals surface area (Å²) in [5.74, 6) is 2.28.